The van der Waals surface area contributed by atoms with Gasteiger partial charge < -0.3 is 77.1 Å². The third-order valence-corrected chi connectivity index (χ3v) is 10.5. The summed E-state index contributed by atoms with van der Waals surface area (Å²) in [7, 11) is -4.38. The molecule has 5 N–H and O–H groups in total. The maximum atomic E-state index is 11.0. The van der Waals surface area contributed by atoms with Crippen LogP contribution in [0.25, 0.3) is 14.5 Å². The van der Waals surface area contributed by atoms with Gasteiger partial charge in [-0.25, -0.2) is 14.5 Å². The molecule has 404 valence electrons. The summed E-state index contributed by atoms with van der Waals surface area (Å²) < 4.78 is 58.6. The Morgan fingerprint density at radius 2 is 0.924 bits per heavy atom. The van der Waals surface area contributed by atoms with E-state index in [9.17, 15) is 39.7 Å². The van der Waals surface area contributed by atoms with Crippen molar-refractivity contribution < 1.29 is 91.5 Å². The molecular formula is C51H47B3N6O19. The minimum Gasteiger partial charge on any atom is -0.483 e. The number of carbonyl (C=O) groups excluding carboxylic acids is 3. The van der Waals surface area contributed by atoms with Crippen molar-refractivity contribution in [3.63, 3.8) is 0 Å². The smallest absolute Gasteiger partial charge is 0.483 e. The summed E-state index contributed by atoms with van der Waals surface area (Å²) in [4.78, 5) is 55.3. The van der Waals surface area contributed by atoms with Gasteiger partial charge in [0.1, 0.15) is 56.9 Å². The molecule has 0 saturated heterocycles. The van der Waals surface area contributed by atoms with Crippen molar-refractivity contribution in [2.24, 2.45) is 0 Å². The molecule has 3 aromatic carbocycles. The summed E-state index contributed by atoms with van der Waals surface area (Å²) in [6.07, 6.45) is 0. The molecule has 0 fully saturated rings. The zero-order chi connectivity index (χ0) is 56.8. The van der Waals surface area contributed by atoms with Crippen molar-refractivity contribution in [2.45, 2.75) is 40.6 Å². The maximum Gasteiger partial charge on any atom is 0.491 e. The average Bonchev–Trinajstić information content (AvgIpc) is 3.83. The molecule has 0 saturated carbocycles. The number of aliphatic hydroxyl groups excluding tert-OH is 2. The van der Waals surface area contributed by atoms with Gasteiger partial charge in [0.15, 0.2) is 0 Å². The van der Waals surface area contributed by atoms with Gasteiger partial charge in [0.2, 0.25) is 52.3 Å². The number of hydrogen-bond donors (Lipinski definition) is 5. The second-order valence-electron chi connectivity index (χ2n) is 16.0. The molecule has 0 spiro atoms. The number of nitrogens with zero attached hydrogens (tertiary/aromatic N) is 6. The second kappa shape index (κ2) is 29.3. The number of rotatable bonds is 24. The summed E-state index contributed by atoms with van der Waals surface area (Å²) in [6.45, 7) is 24.8. The molecule has 28 heteroatoms. The number of hydrogen-bond acceptors (Lipinski definition) is 22. The number of ether oxygens (including phenoxy) is 9. The molecule has 0 radical (unpaired) electrons. The number of esters is 3. The number of aromatic nitrogens is 3. The molecule has 3 aromatic heterocycles. The third kappa shape index (κ3) is 17.4. The van der Waals surface area contributed by atoms with Gasteiger partial charge in [-0.15, -0.1) is 0 Å². The largest absolute Gasteiger partial charge is 0.491 e. The Balaban J connectivity index is 0.000000322. The molecule has 0 aliphatic carbocycles. The summed E-state index contributed by atoms with van der Waals surface area (Å²) in [5.74, 6) is -0.0621. The van der Waals surface area contributed by atoms with Crippen molar-refractivity contribution in [3.05, 3.63) is 142 Å². The molecule has 1 aliphatic heterocycles. The van der Waals surface area contributed by atoms with Crippen LogP contribution in [-0.4, -0.2) is 119 Å². The predicted molar refractivity (Wildman–Crippen MR) is 278 cm³/mol. The van der Waals surface area contributed by atoms with E-state index in [2.05, 4.69) is 29.5 Å². The molecule has 25 nitrogen and oxygen atoms in total. The number of carbonyl (C=O) groups is 3. The first-order valence-electron chi connectivity index (χ1n) is 23.5. The fourth-order valence-electron chi connectivity index (χ4n) is 6.91. The van der Waals surface area contributed by atoms with Crippen LogP contribution < -0.4 is 44.8 Å². The van der Waals surface area contributed by atoms with Crippen LogP contribution in [0.15, 0.2) is 91.0 Å². The lowest BCUT2D eigenvalue weighted by Gasteiger charge is -2.18. The fraction of sp³-hybridized carbons (Fsp3) is 0.235. The highest BCUT2D eigenvalue weighted by atomic mass is 16.6. The summed E-state index contributed by atoms with van der Waals surface area (Å²) in [6, 6.07) is 22.6. The number of pyridine rings is 3. The van der Waals surface area contributed by atoms with E-state index >= 15 is 0 Å². The Morgan fingerprint density at radius 1 is 0.557 bits per heavy atom. The summed E-state index contributed by atoms with van der Waals surface area (Å²) >= 11 is 0. The molecule has 0 atom stereocenters. The van der Waals surface area contributed by atoms with Gasteiger partial charge in [0.05, 0.1) is 39.5 Å². The monoisotopic (exact) mass is 1080 g/mol. The fourth-order valence-corrected chi connectivity index (χ4v) is 6.91. The van der Waals surface area contributed by atoms with Gasteiger partial charge in [-0.2, -0.15) is 15.0 Å². The highest BCUT2D eigenvalue weighted by Gasteiger charge is 2.30. The molecule has 4 heterocycles. The van der Waals surface area contributed by atoms with Crippen LogP contribution in [0.3, 0.4) is 0 Å². The second-order valence-corrected chi connectivity index (χ2v) is 16.0. The van der Waals surface area contributed by atoms with Crippen molar-refractivity contribution in [1.82, 2.24) is 15.0 Å². The molecule has 6 aromatic rings. The predicted octanol–water partition coefficient (Wildman–Crippen LogP) is 3.71. The van der Waals surface area contributed by atoms with Crippen LogP contribution in [0.5, 0.6) is 52.5 Å². The quantitative estimate of drug-likeness (QED) is 0.0190. The van der Waals surface area contributed by atoms with Crippen molar-refractivity contribution >= 4 is 72.7 Å². The first kappa shape index (κ1) is 59.0. The number of aliphatic hydroxyl groups is 2. The average molecular weight is 1080 g/mol. The van der Waals surface area contributed by atoms with Gasteiger partial charge in [-0.05, 0) is 106 Å². The maximum absolute atomic E-state index is 11.0. The Labute approximate surface area is 452 Å². The van der Waals surface area contributed by atoms with E-state index in [1.165, 1.54) is 87.5 Å². The van der Waals surface area contributed by atoms with Crippen molar-refractivity contribution in [2.75, 3.05) is 39.6 Å². The van der Waals surface area contributed by atoms with Gasteiger partial charge >= 0.3 is 39.3 Å². The van der Waals surface area contributed by atoms with Gasteiger partial charge in [0.25, 0.3) is 0 Å². The molecular weight excluding hydrogens is 1030 g/mol. The molecule has 0 bridgehead atoms. The minimum atomic E-state index is -1.73. The van der Waals surface area contributed by atoms with Crippen LogP contribution in [0.4, 0.5) is 17.1 Å². The first-order chi connectivity index (χ1) is 38.1. The van der Waals surface area contributed by atoms with E-state index in [1.54, 1.807) is 24.3 Å². The zero-order valence-electron chi connectivity index (χ0n) is 42.4. The molecule has 79 heavy (non-hydrogen) atoms. The Morgan fingerprint density at radius 3 is 1.28 bits per heavy atom. The third-order valence-electron chi connectivity index (χ3n) is 10.5. The zero-order valence-corrected chi connectivity index (χ0v) is 42.4. The van der Waals surface area contributed by atoms with Gasteiger partial charge in [-0.1, -0.05) is 18.2 Å². The van der Waals surface area contributed by atoms with E-state index in [0.717, 1.165) is 5.56 Å². The lowest BCUT2D eigenvalue weighted by molar-refractivity contribution is -0.142. The van der Waals surface area contributed by atoms with Crippen molar-refractivity contribution in [3.8, 4) is 52.5 Å². The molecule has 0 unspecified atom stereocenters. The van der Waals surface area contributed by atoms with E-state index in [0.29, 0.717) is 17.8 Å². The van der Waals surface area contributed by atoms with Crippen LogP contribution in [0, 0.1) is 19.7 Å². The lowest BCUT2D eigenvalue weighted by Crippen LogP contribution is -2.47. The van der Waals surface area contributed by atoms with Crippen LogP contribution in [-0.2, 0) is 57.6 Å². The Kier molecular flexibility index (Phi) is 21.9. The Bertz CT molecular complexity index is 3120. The van der Waals surface area contributed by atoms with Crippen molar-refractivity contribution in [1.29, 1.82) is 0 Å². The number of fused-ring (bicyclic) bond motifs is 1. The van der Waals surface area contributed by atoms with E-state index in [-0.39, 0.29) is 126 Å². The standard InChI is InChI=1S/C34H32B2N4O13.C17H15BN2O6/c1-21(43)47-13-15-49-33-29(37-3)9-11-31(39-33)51-25-5-7-27(23(17-25)19-41)35(45)53-36(46)28-8-6-26(18-24(28)20-42)52-32-12-10-30(38-4)34(40-32)50-16-14-48-22(2)44;1-11(21)23-7-8-24-17-15(19-2)5-6-16(20-17)26-13-3-4-14-12(9-13)10-25-18(14)22/h5-12,17-18,41-42,45-46H,13-16,19-20H2,1-2H3;3-6,9,22H,7-8,10H2,1H3. The van der Waals surface area contributed by atoms with E-state index < -0.39 is 52.5 Å². The topological polar surface area (TPSA) is 306 Å². The SMILES string of the molecule is [C-]#[N+]c1ccc(Oc2ccc(B(O)OB(O)c3ccc(Oc4ccc([N+]#[C-])c(OCCOC(C)=O)n4)cc3CO)c(CO)c2)nc1OCCOC(C)=O.[C-]#[N+]c1ccc(Oc2ccc3c(c2)COB3O)nc1OCCOC(C)=O. The van der Waals surface area contributed by atoms with Gasteiger partial charge in [0, 0.05) is 20.8 Å². The Hall–Kier alpha value is -9.30. The molecule has 0 amide bonds. The summed E-state index contributed by atoms with van der Waals surface area (Å²) in [5, 5.41) is 51.5. The molecule has 1 aliphatic rings. The van der Waals surface area contributed by atoms with Gasteiger partial charge in [-0.3, -0.25) is 14.4 Å². The highest BCUT2D eigenvalue weighted by Crippen LogP contribution is 2.33. The van der Waals surface area contributed by atoms with Crippen LogP contribution >= 0.6 is 0 Å². The van der Waals surface area contributed by atoms with Crippen LogP contribution in [0.1, 0.15) is 37.5 Å². The lowest BCUT2D eigenvalue weighted by atomic mass is 9.69. The van der Waals surface area contributed by atoms with Crippen LogP contribution in [0.2, 0.25) is 0 Å². The highest BCUT2D eigenvalue weighted by molar-refractivity contribution is 6.73. The van der Waals surface area contributed by atoms with E-state index in [1.807, 2.05) is 0 Å². The normalized spacial score (nSPS) is 11.0. The molecule has 7 rings (SSSR count). The minimum absolute atomic E-state index is 0.0384. The van der Waals surface area contributed by atoms with E-state index in [4.69, 9.17) is 71.6 Å². The summed E-state index contributed by atoms with van der Waals surface area (Å²) in [5.41, 5.74) is 2.59. The first-order valence-corrected chi connectivity index (χ1v) is 23.5. The number of benzene rings is 3.